The molecule has 1 aromatic rings. The zero-order valence-electron chi connectivity index (χ0n) is 11.5. The first-order chi connectivity index (χ1) is 8.54. The third-order valence-electron chi connectivity index (χ3n) is 3.71. The van der Waals surface area contributed by atoms with Crippen LogP contribution in [0.5, 0.6) is 0 Å². The number of methoxy groups -OCH3 is 1. The van der Waals surface area contributed by atoms with Crippen LogP contribution in [-0.2, 0) is 23.1 Å². The van der Waals surface area contributed by atoms with E-state index in [0.29, 0.717) is 12.5 Å². The fourth-order valence-corrected chi connectivity index (χ4v) is 2.28. The molecule has 2 rings (SSSR count). The van der Waals surface area contributed by atoms with E-state index in [-0.39, 0.29) is 12.0 Å². The molecule has 1 N–H and O–H groups in total. The Morgan fingerprint density at radius 1 is 1.56 bits per heavy atom. The Hall–Kier alpha value is -1.36. The van der Waals surface area contributed by atoms with Gasteiger partial charge in [0, 0.05) is 24.8 Å². The van der Waals surface area contributed by atoms with Crippen LogP contribution in [0.25, 0.3) is 0 Å². The van der Waals surface area contributed by atoms with Crippen molar-refractivity contribution >= 4 is 5.97 Å². The molecule has 1 aliphatic rings. The molecule has 5 heteroatoms. The van der Waals surface area contributed by atoms with Gasteiger partial charge in [-0.15, -0.1) is 0 Å². The number of esters is 1. The lowest BCUT2D eigenvalue weighted by Gasteiger charge is -2.15. The minimum Gasteiger partial charge on any atom is -0.468 e. The van der Waals surface area contributed by atoms with Crippen LogP contribution >= 0.6 is 0 Å². The number of nitrogens with zero attached hydrogens (tertiary/aromatic N) is 2. The van der Waals surface area contributed by atoms with E-state index < -0.39 is 0 Å². The van der Waals surface area contributed by atoms with E-state index in [1.165, 1.54) is 12.7 Å². The third-order valence-corrected chi connectivity index (χ3v) is 3.71. The lowest BCUT2D eigenvalue weighted by atomic mass is 10.1. The average molecular weight is 251 g/mol. The number of ether oxygens (including phenoxy) is 1. The van der Waals surface area contributed by atoms with Crippen LogP contribution in [-0.4, -0.2) is 28.9 Å². The standard InChI is InChI=1S/C13H21N3O2/c1-8-11(9(2)16(3)15-8)7-14-12(10-5-6-10)13(17)18-4/h10,12,14H,5-7H2,1-4H3. The van der Waals surface area contributed by atoms with Gasteiger partial charge in [0.25, 0.3) is 0 Å². The van der Waals surface area contributed by atoms with Gasteiger partial charge < -0.3 is 4.74 Å². The van der Waals surface area contributed by atoms with Crippen molar-refractivity contribution in [3.63, 3.8) is 0 Å². The maximum atomic E-state index is 11.7. The van der Waals surface area contributed by atoms with E-state index in [0.717, 1.165) is 24.2 Å². The fraction of sp³-hybridized carbons (Fsp3) is 0.692. The van der Waals surface area contributed by atoms with Gasteiger partial charge >= 0.3 is 5.97 Å². The van der Waals surface area contributed by atoms with Crippen molar-refractivity contribution in [2.24, 2.45) is 13.0 Å². The first-order valence-electron chi connectivity index (χ1n) is 6.35. The predicted molar refractivity (Wildman–Crippen MR) is 68.0 cm³/mol. The second kappa shape index (κ2) is 5.10. The van der Waals surface area contributed by atoms with Crippen molar-refractivity contribution in [1.82, 2.24) is 15.1 Å². The maximum Gasteiger partial charge on any atom is 0.323 e. The molecule has 1 unspecified atom stereocenters. The second-order valence-corrected chi connectivity index (χ2v) is 4.99. The molecule has 0 aromatic carbocycles. The molecule has 1 aliphatic carbocycles. The summed E-state index contributed by atoms with van der Waals surface area (Å²) in [6.07, 6.45) is 2.22. The van der Waals surface area contributed by atoms with Gasteiger partial charge in [-0.05, 0) is 32.6 Å². The molecule has 0 radical (unpaired) electrons. The normalized spacial score (nSPS) is 16.7. The van der Waals surface area contributed by atoms with Gasteiger partial charge in [0.2, 0.25) is 0 Å². The summed E-state index contributed by atoms with van der Waals surface area (Å²) in [4.78, 5) is 11.7. The minimum atomic E-state index is -0.172. The van der Waals surface area contributed by atoms with Crippen LogP contribution in [0.3, 0.4) is 0 Å². The minimum absolute atomic E-state index is 0.156. The zero-order valence-corrected chi connectivity index (χ0v) is 11.5. The number of aryl methyl sites for hydroxylation is 2. The highest BCUT2D eigenvalue weighted by molar-refractivity contribution is 5.76. The number of carbonyl (C=O) groups is 1. The Kier molecular flexibility index (Phi) is 3.71. The highest BCUT2D eigenvalue weighted by Gasteiger charge is 2.36. The van der Waals surface area contributed by atoms with Crippen LogP contribution in [0.15, 0.2) is 0 Å². The Morgan fingerprint density at radius 3 is 2.67 bits per heavy atom. The third kappa shape index (κ3) is 2.56. The molecule has 0 spiro atoms. The fourth-order valence-electron chi connectivity index (χ4n) is 2.28. The number of hydrogen-bond donors (Lipinski definition) is 1. The van der Waals surface area contributed by atoms with Gasteiger partial charge in [-0.1, -0.05) is 0 Å². The summed E-state index contributed by atoms with van der Waals surface area (Å²) in [5, 5.41) is 7.69. The Labute approximate surface area is 108 Å². The van der Waals surface area contributed by atoms with Crippen molar-refractivity contribution < 1.29 is 9.53 Å². The molecule has 0 saturated heterocycles. The lowest BCUT2D eigenvalue weighted by molar-refractivity contribution is -0.143. The summed E-state index contributed by atoms with van der Waals surface area (Å²) < 4.78 is 6.72. The topological polar surface area (TPSA) is 56.1 Å². The molecule has 18 heavy (non-hydrogen) atoms. The van der Waals surface area contributed by atoms with Crippen LogP contribution in [0.2, 0.25) is 0 Å². The summed E-state index contributed by atoms with van der Waals surface area (Å²) >= 11 is 0. The number of aromatic nitrogens is 2. The molecular weight excluding hydrogens is 230 g/mol. The molecule has 0 bridgehead atoms. The average Bonchev–Trinajstić information content (AvgIpc) is 3.13. The Morgan fingerprint density at radius 2 is 2.22 bits per heavy atom. The quantitative estimate of drug-likeness (QED) is 0.796. The Bertz CT molecular complexity index is 449. The second-order valence-electron chi connectivity index (χ2n) is 4.99. The molecular formula is C13H21N3O2. The van der Waals surface area contributed by atoms with Gasteiger partial charge in [0.15, 0.2) is 0 Å². The molecule has 100 valence electrons. The number of carbonyl (C=O) groups excluding carboxylic acids is 1. The van der Waals surface area contributed by atoms with Crippen LogP contribution in [0.4, 0.5) is 0 Å². The highest BCUT2D eigenvalue weighted by atomic mass is 16.5. The first-order valence-corrected chi connectivity index (χ1v) is 6.35. The summed E-state index contributed by atoms with van der Waals surface area (Å²) in [5.74, 6) is 0.284. The summed E-state index contributed by atoms with van der Waals surface area (Å²) in [7, 11) is 3.38. The SMILES string of the molecule is COC(=O)C(NCc1c(C)nn(C)c1C)C1CC1. The molecule has 1 aromatic heterocycles. The summed E-state index contributed by atoms with van der Waals surface area (Å²) in [6, 6.07) is -0.172. The van der Waals surface area contributed by atoms with Gasteiger partial charge in [-0.3, -0.25) is 14.8 Å². The molecule has 1 saturated carbocycles. The highest BCUT2D eigenvalue weighted by Crippen LogP contribution is 2.33. The van der Waals surface area contributed by atoms with Gasteiger partial charge in [0.1, 0.15) is 6.04 Å². The van der Waals surface area contributed by atoms with E-state index in [1.54, 1.807) is 0 Å². The van der Waals surface area contributed by atoms with Gasteiger partial charge in [-0.2, -0.15) is 5.10 Å². The van der Waals surface area contributed by atoms with Crippen LogP contribution in [0, 0.1) is 19.8 Å². The zero-order chi connectivity index (χ0) is 13.3. The van der Waals surface area contributed by atoms with Crippen LogP contribution < -0.4 is 5.32 Å². The summed E-state index contributed by atoms with van der Waals surface area (Å²) in [5.41, 5.74) is 3.33. The molecule has 1 atom stereocenters. The Balaban J connectivity index is 2.03. The molecule has 0 aliphatic heterocycles. The lowest BCUT2D eigenvalue weighted by Crippen LogP contribution is -2.39. The van der Waals surface area contributed by atoms with Crippen molar-refractivity contribution in [2.75, 3.05) is 7.11 Å². The predicted octanol–water partition coefficient (Wildman–Crippen LogP) is 1.08. The van der Waals surface area contributed by atoms with E-state index >= 15 is 0 Å². The van der Waals surface area contributed by atoms with E-state index in [1.807, 2.05) is 25.6 Å². The van der Waals surface area contributed by atoms with Crippen molar-refractivity contribution in [2.45, 2.75) is 39.3 Å². The number of nitrogens with one attached hydrogen (secondary N) is 1. The largest absolute Gasteiger partial charge is 0.468 e. The molecule has 0 amide bonds. The van der Waals surface area contributed by atoms with Crippen molar-refractivity contribution in [3.8, 4) is 0 Å². The van der Waals surface area contributed by atoms with Gasteiger partial charge in [0.05, 0.1) is 12.8 Å². The number of rotatable bonds is 5. The van der Waals surface area contributed by atoms with E-state index in [2.05, 4.69) is 10.4 Å². The van der Waals surface area contributed by atoms with E-state index in [9.17, 15) is 4.79 Å². The van der Waals surface area contributed by atoms with Crippen molar-refractivity contribution in [1.29, 1.82) is 0 Å². The number of hydrogen-bond acceptors (Lipinski definition) is 4. The maximum absolute atomic E-state index is 11.7. The van der Waals surface area contributed by atoms with Gasteiger partial charge in [-0.25, -0.2) is 0 Å². The first kappa shape index (κ1) is 13.1. The molecule has 1 fully saturated rings. The molecule has 1 heterocycles. The van der Waals surface area contributed by atoms with E-state index in [4.69, 9.17) is 4.74 Å². The molecule has 5 nitrogen and oxygen atoms in total. The van der Waals surface area contributed by atoms with Crippen molar-refractivity contribution in [3.05, 3.63) is 17.0 Å². The monoisotopic (exact) mass is 251 g/mol. The van der Waals surface area contributed by atoms with Crippen LogP contribution in [0.1, 0.15) is 29.8 Å². The smallest absolute Gasteiger partial charge is 0.323 e. The summed E-state index contributed by atoms with van der Waals surface area (Å²) in [6.45, 7) is 4.71.